The SMILES string of the molecule is CC(C)(C)OC(=O)C[C@H]([C@H]1COC(C)(C)O1)N(Cc1ccccc1)Cc1ccccc1. The highest BCUT2D eigenvalue weighted by atomic mass is 16.7. The van der Waals surface area contributed by atoms with Crippen LogP contribution >= 0.6 is 0 Å². The molecule has 168 valence electrons. The van der Waals surface area contributed by atoms with Gasteiger partial charge in [-0.3, -0.25) is 9.69 Å². The average molecular weight is 426 g/mol. The van der Waals surface area contributed by atoms with Gasteiger partial charge in [0, 0.05) is 19.1 Å². The molecule has 0 unspecified atom stereocenters. The molecule has 0 saturated carbocycles. The maximum Gasteiger partial charge on any atom is 0.308 e. The number of carbonyl (C=O) groups excluding carboxylic acids is 1. The molecular formula is C26H35NO4. The van der Waals surface area contributed by atoms with E-state index in [1.165, 1.54) is 11.1 Å². The zero-order chi connectivity index (χ0) is 22.5. The Bertz CT molecular complexity index is 788. The van der Waals surface area contributed by atoms with Crippen LogP contribution in [0.15, 0.2) is 60.7 Å². The lowest BCUT2D eigenvalue weighted by molar-refractivity contribution is -0.163. The quantitative estimate of drug-likeness (QED) is 0.561. The summed E-state index contributed by atoms with van der Waals surface area (Å²) in [4.78, 5) is 15.2. The summed E-state index contributed by atoms with van der Waals surface area (Å²) < 4.78 is 17.8. The van der Waals surface area contributed by atoms with E-state index in [4.69, 9.17) is 14.2 Å². The molecular weight excluding hydrogens is 390 g/mol. The molecule has 1 saturated heterocycles. The van der Waals surface area contributed by atoms with Gasteiger partial charge in [-0.1, -0.05) is 60.7 Å². The van der Waals surface area contributed by atoms with Crippen molar-refractivity contribution in [1.82, 2.24) is 4.90 Å². The summed E-state index contributed by atoms with van der Waals surface area (Å²) in [6, 6.07) is 20.4. The fourth-order valence-corrected chi connectivity index (χ4v) is 3.88. The van der Waals surface area contributed by atoms with Crippen LogP contribution in [0.3, 0.4) is 0 Å². The van der Waals surface area contributed by atoms with Crippen LogP contribution in [0, 0.1) is 0 Å². The zero-order valence-corrected chi connectivity index (χ0v) is 19.3. The van der Waals surface area contributed by atoms with Crippen LogP contribution in [0.4, 0.5) is 0 Å². The van der Waals surface area contributed by atoms with Crippen molar-refractivity contribution in [3.63, 3.8) is 0 Å². The highest BCUT2D eigenvalue weighted by Gasteiger charge is 2.41. The molecule has 0 amide bonds. The van der Waals surface area contributed by atoms with E-state index in [-0.39, 0.29) is 24.5 Å². The van der Waals surface area contributed by atoms with Gasteiger partial charge in [-0.2, -0.15) is 0 Å². The number of esters is 1. The second-order valence-corrected chi connectivity index (χ2v) is 9.60. The topological polar surface area (TPSA) is 48.0 Å². The third kappa shape index (κ3) is 7.46. The molecule has 3 rings (SSSR count). The van der Waals surface area contributed by atoms with E-state index < -0.39 is 11.4 Å². The standard InChI is InChI=1S/C26H35NO4/c1-25(2,3)31-24(28)16-22(23-19-29-26(4,5)30-23)27(17-20-12-8-6-9-13-20)18-21-14-10-7-11-15-21/h6-15,22-23H,16-19H2,1-5H3/t22-,23-/m1/s1. The van der Waals surface area contributed by atoms with Gasteiger partial charge in [0.15, 0.2) is 5.79 Å². The maximum absolute atomic E-state index is 12.9. The third-order valence-electron chi connectivity index (χ3n) is 5.18. The number of ether oxygens (including phenoxy) is 3. The number of hydrogen-bond acceptors (Lipinski definition) is 5. The Morgan fingerprint density at radius 2 is 1.55 bits per heavy atom. The van der Waals surface area contributed by atoms with Crippen molar-refractivity contribution in [3.05, 3.63) is 71.8 Å². The van der Waals surface area contributed by atoms with E-state index in [2.05, 4.69) is 29.2 Å². The van der Waals surface area contributed by atoms with E-state index >= 15 is 0 Å². The molecule has 1 aliphatic rings. The van der Waals surface area contributed by atoms with Gasteiger partial charge >= 0.3 is 5.97 Å². The summed E-state index contributed by atoms with van der Waals surface area (Å²) in [5, 5.41) is 0. The maximum atomic E-state index is 12.9. The lowest BCUT2D eigenvalue weighted by atomic mass is 10.0. The van der Waals surface area contributed by atoms with Gasteiger partial charge in [-0.15, -0.1) is 0 Å². The minimum absolute atomic E-state index is 0.183. The van der Waals surface area contributed by atoms with E-state index in [0.717, 1.165) is 0 Å². The molecule has 1 fully saturated rings. The molecule has 2 aromatic rings. The molecule has 0 spiro atoms. The van der Waals surface area contributed by atoms with Crippen molar-refractivity contribution in [1.29, 1.82) is 0 Å². The molecule has 5 heteroatoms. The number of carbonyl (C=O) groups is 1. The molecule has 2 aromatic carbocycles. The second-order valence-electron chi connectivity index (χ2n) is 9.60. The van der Waals surface area contributed by atoms with Gasteiger partial charge in [0.05, 0.1) is 13.0 Å². The first kappa shape index (κ1) is 23.5. The Morgan fingerprint density at radius 3 is 1.97 bits per heavy atom. The van der Waals surface area contributed by atoms with Crippen molar-refractivity contribution < 1.29 is 19.0 Å². The van der Waals surface area contributed by atoms with Crippen LogP contribution in [0.25, 0.3) is 0 Å². The number of hydrogen-bond donors (Lipinski definition) is 0. The number of rotatable bonds is 8. The number of benzene rings is 2. The summed E-state index contributed by atoms with van der Waals surface area (Å²) in [5.74, 6) is -0.890. The minimum atomic E-state index is -0.665. The Morgan fingerprint density at radius 1 is 1.03 bits per heavy atom. The predicted octanol–water partition coefficient (Wildman–Crippen LogP) is 4.94. The largest absolute Gasteiger partial charge is 0.460 e. The Balaban J connectivity index is 1.89. The van der Waals surface area contributed by atoms with E-state index in [1.54, 1.807) is 0 Å². The molecule has 5 nitrogen and oxygen atoms in total. The Hall–Kier alpha value is -2.21. The van der Waals surface area contributed by atoms with E-state index in [9.17, 15) is 4.79 Å². The predicted molar refractivity (Wildman–Crippen MR) is 121 cm³/mol. The number of nitrogens with zero attached hydrogens (tertiary/aromatic N) is 1. The summed E-state index contributed by atoms with van der Waals surface area (Å²) in [6.45, 7) is 11.3. The molecule has 0 radical (unpaired) electrons. The lowest BCUT2D eigenvalue weighted by Crippen LogP contribution is -2.46. The Kier molecular flexibility index (Phi) is 7.52. The minimum Gasteiger partial charge on any atom is -0.460 e. The highest BCUT2D eigenvalue weighted by Crippen LogP contribution is 2.30. The van der Waals surface area contributed by atoms with Crippen LogP contribution in [-0.2, 0) is 32.1 Å². The molecule has 1 aliphatic heterocycles. The first-order valence-electron chi connectivity index (χ1n) is 11.0. The van der Waals surface area contributed by atoms with Crippen molar-refractivity contribution in [2.45, 2.75) is 77.7 Å². The highest BCUT2D eigenvalue weighted by molar-refractivity contribution is 5.70. The average Bonchev–Trinajstić information content (AvgIpc) is 3.05. The summed E-state index contributed by atoms with van der Waals surface area (Å²) in [5.41, 5.74) is 1.84. The molecule has 0 bridgehead atoms. The molecule has 0 aliphatic carbocycles. The smallest absolute Gasteiger partial charge is 0.308 e. The molecule has 0 N–H and O–H groups in total. The van der Waals surface area contributed by atoms with Gasteiger partial charge in [-0.25, -0.2) is 0 Å². The second kappa shape index (κ2) is 9.94. The van der Waals surface area contributed by atoms with Gasteiger partial charge < -0.3 is 14.2 Å². The summed E-state index contributed by atoms with van der Waals surface area (Å²) in [7, 11) is 0. The fraction of sp³-hybridized carbons (Fsp3) is 0.500. The van der Waals surface area contributed by atoms with Crippen molar-refractivity contribution >= 4 is 5.97 Å². The van der Waals surface area contributed by atoms with Crippen molar-refractivity contribution in [2.75, 3.05) is 6.61 Å². The van der Waals surface area contributed by atoms with Crippen molar-refractivity contribution in [2.24, 2.45) is 0 Å². The Labute approximate surface area is 186 Å². The van der Waals surface area contributed by atoms with Gasteiger partial charge in [0.1, 0.15) is 11.7 Å². The monoisotopic (exact) mass is 425 g/mol. The molecule has 31 heavy (non-hydrogen) atoms. The van der Waals surface area contributed by atoms with E-state index in [1.807, 2.05) is 71.0 Å². The summed E-state index contributed by atoms with van der Waals surface area (Å²) >= 11 is 0. The lowest BCUT2D eigenvalue weighted by Gasteiger charge is -2.35. The van der Waals surface area contributed by atoms with Crippen LogP contribution in [0.1, 0.15) is 52.2 Å². The van der Waals surface area contributed by atoms with Gasteiger partial charge in [0.2, 0.25) is 0 Å². The first-order chi connectivity index (χ1) is 14.6. The zero-order valence-electron chi connectivity index (χ0n) is 19.3. The van der Waals surface area contributed by atoms with Crippen molar-refractivity contribution in [3.8, 4) is 0 Å². The van der Waals surface area contributed by atoms with E-state index in [0.29, 0.717) is 19.7 Å². The van der Waals surface area contributed by atoms with Crippen LogP contribution < -0.4 is 0 Å². The molecule has 2 atom stereocenters. The summed E-state index contributed by atoms with van der Waals surface area (Å²) in [6.07, 6.45) is 0.0102. The molecule has 0 aromatic heterocycles. The fourth-order valence-electron chi connectivity index (χ4n) is 3.88. The normalized spacial score (nSPS) is 19.4. The van der Waals surface area contributed by atoms with Gasteiger partial charge in [0.25, 0.3) is 0 Å². The van der Waals surface area contributed by atoms with Crippen LogP contribution in [-0.4, -0.2) is 41.0 Å². The van der Waals surface area contributed by atoms with Crippen LogP contribution in [0.5, 0.6) is 0 Å². The third-order valence-corrected chi connectivity index (χ3v) is 5.18. The van der Waals surface area contributed by atoms with Gasteiger partial charge in [-0.05, 0) is 45.7 Å². The first-order valence-corrected chi connectivity index (χ1v) is 11.0. The van der Waals surface area contributed by atoms with Crippen LogP contribution in [0.2, 0.25) is 0 Å². The molecule has 1 heterocycles.